The second-order valence-corrected chi connectivity index (χ2v) is 8.99. The molecule has 3 aromatic rings. The number of carbonyl (C=O) groups is 1. The maximum Gasteiger partial charge on any atom is 0.319 e. The van der Waals surface area contributed by atoms with Crippen molar-refractivity contribution in [3.05, 3.63) is 59.4 Å². The molecule has 5 atom stereocenters. The maximum atomic E-state index is 13.7. The lowest BCUT2D eigenvalue weighted by atomic mass is 9.99. The van der Waals surface area contributed by atoms with Gasteiger partial charge in [0.1, 0.15) is 0 Å². The largest absolute Gasteiger partial charge is 0.335 e. The van der Waals surface area contributed by atoms with Gasteiger partial charge in [0.2, 0.25) is 0 Å². The summed E-state index contributed by atoms with van der Waals surface area (Å²) in [6.07, 6.45) is 4.45. The number of benzene rings is 2. The fourth-order valence-electron chi connectivity index (χ4n) is 5.34. The molecule has 1 heterocycles. The van der Waals surface area contributed by atoms with E-state index < -0.39 is 11.6 Å². The predicted octanol–water partition coefficient (Wildman–Crippen LogP) is 5.77. The zero-order valence-corrected chi connectivity index (χ0v) is 17.7. The molecule has 0 spiro atoms. The second kappa shape index (κ2) is 7.79. The first-order valence-corrected chi connectivity index (χ1v) is 11.0. The van der Waals surface area contributed by atoms with Gasteiger partial charge in [0.05, 0.1) is 17.4 Å². The van der Waals surface area contributed by atoms with E-state index in [0.717, 1.165) is 25.3 Å². The van der Waals surface area contributed by atoms with Crippen LogP contribution in [-0.2, 0) is 0 Å². The lowest BCUT2D eigenvalue weighted by Gasteiger charge is -2.22. The summed E-state index contributed by atoms with van der Waals surface area (Å²) >= 11 is 5.89. The molecule has 31 heavy (non-hydrogen) atoms. The Hall–Kier alpha value is -2.67. The third-order valence-corrected chi connectivity index (χ3v) is 7.07. The van der Waals surface area contributed by atoms with Crippen molar-refractivity contribution < 1.29 is 13.6 Å². The molecule has 2 amide bonds. The van der Waals surface area contributed by atoms with Gasteiger partial charge in [0, 0.05) is 34.9 Å². The fourth-order valence-corrected chi connectivity index (χ4v) is 5.47. The molecule has 2 aliphatic carbocycles. The number of rotatable bonds is 5. The molecule has 2 N–H and O–H groups in total. The van der Waals surface area contributed by atoms with Gasteiger partial charge in [-0.1, -0.05) is 18.5 Å². The van der Waals surface area contributed by atoms with E-state index in [4.69, 9.17) is 11.6 Å². The van der Waals surface area contributed by atoms with E-state index in [2.05, 4.69) is 22.5 Å². The molecule has 2 saturated carbocycles. The first-order chi connectivity index (χ1) is 14.9. The second-order valence-electron chi connectivity index (χ2n) is 8.56. The molecule has 0 saturated heterocycles. The van der Waals surface area contributed by atoms with E-state index in [9.17, 15) is 13.6 Å². The van der Waals surface area contributed by atoms with Crippen LogP contribution in [0.15, 0.2) is 42.7 Å². The SMILES string of the molecule is CC[C@@H](NC(=O)Nc1ccc(Cl)cc1)C1[C@H]2CC(n3cnc4cc(F)c(F)cc43)C[C@@H]12. The third kappa shape index (κ3) is 3.76. The first-order valence-electron chi connectivity index (χ1n) is 10.6. The molecular formula is C23H23ClF2N4O. The molecule has 0 radical (unpaired) electrons. The Labute approximate surface area is 183 Å². The number of amides is 2. The summed E-state index contributed by atoms with van der Waals surface area (Å²) in [5.74, 6) is -0.235. The smallest absolute Gasteiger partial charge is 0.319 e. The lowest BCUT2D eigenvalue weighted by Crippen LogP contribution is -2.40. The van der Waals surface area contributed by atoms with Gasteiger partial charge in [-0.25, -0.2) is 18.6 Å². The Morgan fingerprint density at radius 3 is 2.55 bits per heavy atom. The van der Waals surface area contributed by atoms with Crippen molar-refractivity contribution in [2.75, 3.05) is 5.32 Å². The van der Waals surface area contributed by atoms with E-state index >= 15 is 0 Å². The standard InChI is InChI=1S/C23H23ClF2N4O/c1-2-19(29-23(31)28-13-5-3-12(24)4-6-13)22-15-7-14(8-16(15)22)30-11-27-20-9-17(25)18(26)10-21(20)30/h3-6,9-11,14-16,19,22H,2,7-8H2,1H3,(H2,28,29,31)/t14?,15-,16+,19-,22?/m1/s1. The number of hydrogen-bond acceptors (Lipinski definition) is 2. The van der Waals surface area contributed by atoms with Crippen LogP contribution in [0.3, 0.4) is 0 Å². The molecule has 5 rings (SSSR count). The molecule has 2 unspecified atom stereocenters. The molecule has 0 bridgehead atoms. The fraction of sp³-hybridized carbons (Fsp3) is 0.391. The van der Waals surface area contributed by atoms with E-state index in [1.165, 1.54) is 6.07 Å². The summed E-state index contributed by atoms with van der Waals surface area (Å²) in [5.41, 5.74) is 1.81. The Balaban J connectivity index is 1.21. The van der Waals surface area contributed by atoms with Crippen LogP contribution < -0.4 is 10.6 Å². The van der Waals surface area contributed by atoms with Crippen molar-refractivity contribution >= 4 is 34.4 Å². The lowest BCUT2D eigenvalue weighted by molar-refractivity contribution is 0.244. The highest BCUT2D eigenvalue weighted by Crippen LogP contribution is 2.62. The molecule has 2 fully saturated rings. The number of fused-ring (bicyclic) bond motifs is 2. The van der Waals surface area contributed by atoms with Crippen molar-refractivity contribution in [3.8, 4) is 0 Å². The number of urea groups is 1. The van der Waals surface area contributed by atoms with Crippen LogP contribution in [0, 0.1) is 29.4 Å². The Morgan fingerprint density at radius 2 is 1.87 bits per heavy atom. The van der Waals surface area contributed by atoms with Gasteiger partial charge in [-0.15, -0.1) is 0 Å². The topological polar surface area (TPSA) is 59.0 Å². The minimum atomic E-state index is -0.874. The van der Waals surface area contributed by atoms with Crippen molar-refractivity contribution in [3.63, 3.8) is 0 Å². The van der Waals surface area contributed by atoms with Crippen LogP contribution in [0.25, 0.3) is 11.0 Å². The number of imidazole rings is 1. The minimum Gasteiger partial charge on any atom is -0.335 e. The number of carbonyl (C=O) groups excluding carboxylic acids is 1. The van der Waals surface area contributed by atoms with Crippen molar-refractivity contribution in [1.29, 1.82) is 0 Å². The van der Waals surface area contributed by atoms with Crippen molar-refractivity contribution in [1.82, 2.24) is 14.9 Å². The molecular weight excluding hydrogens is 422 g/mol. The van der Waals surface area contributed by atoms with Crippen LogP contribution in [0.4, 0.5) is 19.3 Å². The molecule has 0 aliphatic heterocycles. The van der Waals surface area contributed by atoms with Gasteiger partial charge in [-0.3, -0.25) is 0 Å². The van der Waals surface area contributed by atoms with Gasteiger partial charge < -0.3 is 15.2 Å². The number of nitrogens with one attached hydrogen (secondary N) is 2. The summed E-state index contributed by atoms with van der Waals surface area (Å²) < 4.78 is 29.2. The molecule has 2 aromatic carbocycles. The van der Waals surface area contributed by atoms with E-state index in [-0.39, 0.29) is 18.1 Å². The number of nitrogens with zero attached hydrogens (tertiary/aromatic N) is 2. The van der Waals surface area contributed by atoms with Crippen molar-refractivity contribution in [2.45, 2.75) is 38.3 Å². The quantitative estimate of drug-likeness (QED) is 0.525. The van der Waals surface area contributed by atoms with Gasteiger partial charge in [-0.05, 0) is 61.3 Å². The van der Waals surface area contributed by atoms with Crippen LogP contribution in [0.1, 0.15) is 32.2 Å². The summed E-state index contributed by atoms with van der Waals surface area (Å²) in [7, 11) is 0. The zero-order chi connectivity index (χ0) is 21.7. The number of halogens is 3. The Morgan fingerprint density at radius 1 is 1.19 bits per heavy atom. The van der Waals surface area contributed by atoms with Gasteiger partial charge in [0.25, 0.3) is 0 Å². The normalized spacial score (nSPS) is 25.3. The predicted molar refractivity (Wildman–Crippen MR) is 116 cm³/mol. The van der Waals surface area contributed by atoms with Crippen LogP contribution in [-0.4, -0.2) is 21.6 Å². The highest BCUT2D eigenvalue weighted by Gasteiger charge is 2.59. The van der Waals surface area contributed by atoms with E-state index in [1.807, 2.05) is 4.57 Å². The number of anilines is 1. The monoisotopic (exact) mass is 444 g/mol. The molecule has 8 heteroatoms. The van der Waals surface area contributed by atoms with Crippen LogP contribution in [0.2, 0.25) is 5.02 Å². The van der Waals surface area contributed by atoms with Gasteiger partial charge >= 0.3 is 6.03 Å². The zero-order valence-electron chi connectivity index (χ0n) is 17.0. The number of hydrogen-bond donors (Lipinski definition) is 2. The molecule has 2 aliphatic rings. The highest BCUT2D eigenvalue weighted by molar-refractivity contribution is 6.30. The highest BCUT2D eigenvalue weighted by atomic mass is 35.5. The van der Waals surface area contributed by atoms with E-state index in [0.29, 0.717) is 39.5 Å². The Bertz CT molecular complexity index is 1120. The maximum absolute atomic E-state index is 13.7. The van der Waals surface area contributed by atoms with Crippen LogP contribution >= 0.6 is 11.6 Å². The first kappa shape index (κ1) is 20.2. The molecule has 1 aromatic heterocycles. The van der Waals surface area contributed by atoms with Crippen molar-refractivity contribution in [2.24, 2.45) is 17.8 Å². The van der Waals surface area contributed by atoms with Gasteiger partial charge in [0.15, 0.2) is 11.6 Å². The minimum absolute atomic E-state index is 0.106. The van der Waals surface area contributed by atoms with Gasteiger partial charge in [-0.2, -0.15) is 0 Å². The number of aromatic nitrogens is 2. The van der Waals surface area contributed by atoms with Crippen LogP contribution in [0.5, 0.6) is 0 Å². The summed E-state index contributed by atoms with van der Waals surface area (Å²) in [5, 5.41) is 6.60. The third-order valence-electron chi connectivity index (χ3n) is 6.82. The average Bonchev–Trinajstić information content (AvgIpc) is 3.06. The van der Waals surface area contributed by atoms with E-state index in [1.54, 1.807) is 30.6 Å². The average molecular weight is 445 g/mol. The summed E-state index contributed by atoms with van der Waals surface area (Å²) in [6.45, 7) is 2.08. The summed E-state index contributed by atoms with van der Waals surface area (Å²) in [6, 6.07) is 9.50. The summed E-state index contributed by atoms with van der Waals surface area (Å²) in [4.78, 5) is 16.7. The molecule has 162 valence electrons. The molecule has 5 nitrogen and oxygen atoms in total. The Kier molecular flexibility index (Phi) is 5.08.